The van der Waals surface area contributed by atoms with Crippen molar-refractivity contribution in [2.45, 2.75) is 6.54 Å². The number of carbonyl (C=O) groups is 1. The highest BCUT2D eigenvalue weighted by atomic mass is 32.1. The second kappa shape index (κ2) is 10.1. The Morgan fingerprint density at radius 2 is 1.62 bits per heavy atom. The van der Waals surface area contributed by atoms with E-state index in [1.807, 2.05) is 36.4 Å². The standard InChI is InChI=1S/C29H26N2O2S/c30-23-10-6-9-22(17-23)27(32)20-31(19-21-7-2-1-3-8-21)15-16-33-24-13-14-26-25-11-4-5-12-28(25)34-29(26)18-24/h1-14,17-18H,15-16,19-20,30H2. The number of ketones is 1. The number of fused-ring (bicyclic) bond motifs is 3. The summed E-state index contributed by atoms with van der Waals surface area (Å²) in [5, 5.41) is 2.54. The van der Waals surface area contributed by atoms with Crippen molar-refractivity contribution in [1.82, 2.24) is 4.90 Å². The molecule has 0 saturated carbocycles. The van der Waals surface area contributed by atoms with Gasteiger partial charge in [-0.2, -0.15) is 0 Å². The van der Waals surface area contributed by atoms with Crippen LogP contribution in [0, 0.1) is 0 Å². The van der Waals surface area contributed by atoms with Crippen LogP contribution in [0.4, 0.5) is 5.69 Å². The van der Waals surface area contributed by atoms with Gasteiger partial charge in [-0.05, 0) is 42.0 Å². The van der Waals surface area contributed by atoms with E-state index in [1.54, 1.807) is 23.5 Å². The summed E-state index contributed by atoms with van der Waals surface area (Å²) in [6.07, 6.45) is 0. The van der Waals surface area contributed by atoms with Crippen LogP contribution in [0.5, 0.6) is 5.75 Å². The predicted octanol–water partition coefficient (Wildman–Crippen LogP) is 6.40. The van der Waals surface area contributed by atoms with Gasteiger partial charge in [-0.1, -0.05) is 60.7 Å². The molecule has 1 aromatic heterocycles. The van der Waals surface area contributed by atoms with Crippen LogP contribution in [0.3, 0.4) is 0 Å². The number of nitrogens with zero attached hydrogens (tertiary/aromatic N) is 1. The molecule has 5 rings (SSSR count). The van der Waals surface area contributed by atoms with Gasteiger partial charge in [0.2, 0.25) is 0 Å². The predicted molar refractivity (Wildman–Crippen MR) is 142 cm³/mol. The number of nitrogen functional groups attached to an aromatic ring is 1. The van der Waals surface area contributed by atoms with E-state index in [9.17, 15) is 4.79 Å². The number of hydrogen-bond acceptors (Lipinski definition) is 5. The van der Waals surface area contributed by atoms with E-state index in [0.717, 1.165) is 11.3 Å². The largest absolute Gasteiger partial charge is 0.492 e. The first kappa shape index (κ1) is 22.1. The zero-order valence-corrected chi connectivity index (χ0v) is 19.6. The van der Waals surface area contributed by atoms with E-state index in [-0.39, 0.29) is 5.78 Å². The Morgan fingerprint density at radius 3 is 2.47 bits per heavy atom. The SMILES string of the molecule is Nc1cccc(C(=O)CN(CCOc2ccc3c(c2)sc2ccccc23)Cc2ccccc2)c1. The Bertz CT molecular complexity index is 1430. The molecule has 1 heterocycles. The summed E-state index contributed by atoms with van der Waals surface area (Å²) in [7, 11) is 0. The second-order valence-corrected chi connectivity index (χ2v) is 9.43. The van der Waals surface area contributed by atoms with Gasteiger partial charge in [0.1, 0.15) is 12.4 Å². The van der Waals surface area contributed by atoms with Gasteiger partial charge in [-0.15, -0.1) is 11.3 Å². The maximum atomic E-state index is 12.9. The van der Waals surface area contributed by atoms with Crippen molar-refractivity contribution in [2.75, 3.05) is 25.4 Å². The summed E-state index contributed by atoms with van der Waals surface area (Å²) < 4.78 is 8.62. The molecular weight excluding hydrogens is 440 g/mol. The molecular formula is C29H26N2O2S. The molecule has 0 radical (unpaired) electrons. The third kappa shape index (κ3) is 5.11. The van der Waals surface area contributed by atoms with Gasteiger partial charge in [0.15, 0.2) is 5.78 Å². The smallest absolute Gasteiger partial charge is 0.176 e. The minimum absolute atomic E-state index is 0.0509. The molecule has 0 fully saturated rings. The Hall–Kier alpha value is -3.67. The van der Waals surface area contributed by atoms with Crippen LogP contribution in [0.15, 0.2) is 97.1 Å². The van der Waals surface area contributed by atoms with Crippen molar-refractivity contribution in [1.29, 1.82) is 0 Å². The van der Waals surface area contributed by atoms with Gasteiger partial charge >= 0.3 is 0 Å². The molecule has 0 bridgehead atoms. The summed E-state index contributed by atoms with van der Waals surface area (Å²) in [5.74, 6) is 0.899. The van der Waals surface area contributed by atoms with Crippen LogP contribution in [0.25, 0.3) is 20.2 Å². The monoisotopic (exact) mass is 466 g/mol. The van der Waals surface area contributed by atoms with Gasteiger partial charge in [-0.25, -0.2) is 0 Å². The molecule has 5 heteroatoms. The fourth-order valence-electron chi connectivity index (χ4n) is 4.15. The third-order valence-electron chi connectivity index (χ3n) is 5.85. The maximum Gasteiger partial charge on any atom is 0.176 e. The van der Waals surface area contributed by atoms with E-state index in [4.69, 9.17) is 10.5 Å². The highest BCUT2D eigenvalue weighted by molar-refractivity contribution is 7.25. The lowest BCUT2D eigenvalue weighted by molar-refractivity contribution is 0.0912. The van der Waals surface area contributed by atoms with Crippen molar-refractivity contribution >= 4 is 43.0 Å². The van der Waals surface area contributed by atoms with Crippen molar-refractivity contribution in [3.8, 4) is 5.75 Å². The van der Waals surface area contributed by atoms with Crippen LogP contribution in [0.1, 0.15) is 15.9 Å². The first-order valence-electron chi connectivity index (χ1n) is 11.3. The molecule has 0 spiro atoms. The normalized spacial score (nSPS) is 11.3. The second-order valence-electron chi connectivity index (χ2n) is 8.35. The molecule has 0 aliphatic carbocycles. The number of anilines is 1. The average Bonchev–Trinajstić information content (AvgIpc) is 3.22. The Balaban J connectivity index is 1.27. The molecule has 0 saturated heterocycles. The molecule has 0 atom stereocenters. The fourth-order valence-corrected chi connectivity index (χ4v) is 5.29. The van der Waals surface area contributed by atoms with E-state index >= 15 is 0 Å². The molecule has 5 aromatic rings. The Labute approximate surface area is 203 Å². The minimum atomic E-state index is 0.0509. The van der Waals surface area contributed by atoms with Gasteiger partial charge in [0.25, 0.3) is 0 Å². The van der Waals surface area contributed by atoms with Crippen LogP contribution in [0.2, 0.25) is 0 Å². The molecule has 0 aliphatic rings. The number of thiophene rings is 1. The van der Waals surface area contributed by atoms with Crippen LogP contribution < -0.4 is 10.5 Å². The lowest BCUT2D eigenvalue weighted by Gasteiger charge is -2.22. The topological polar surface area (TPSA) is 55.6 Å². The zero-order valence-electron chi connectivity index (χ0n) is 18.8. The van der Waals surface area contributed by atoms with Gasteiger partial charge in [-0.3, -0.25) is 9.69 Å². The number of nitrogens with two attached hydrogens (primary N) is 1. The van der Waals surface area contributed by atoms with E-state index in [0.29, 0.717) is 37.5 Å². The Morgan fingerprint density at radius 1 is 0.824 bits per heavy atom. The highest BCUT2D eigenvalue weighted by Crippen LogP contribution is 2.35. The number of ether oxygens (including phenoxy) is 1. The number of benzene rings is 4. The molecule has 0 aliphatic heterocycles. The van der Waals surface area contributed by atoms with Crippen molar-refractivity contribution in [2.24, 2.45) is 0 Å². The molecule has 2 N–H and O–H groups in total. The quantitative estimate of drug-likeness (QED) is 0.202. The van der Waals surface area contributed by atoms with Crippen LogP contribution in [-0.2, 0) is 6.54 Å². The summed E-state index contributed by atoms with van der Waals surface area (Å²) in [5.41, 5.74) is 8.27. The molecule has 4 nitrogen and oxygen atoms in total. The molecule has 170 valence electrons. The lowest BCUT2D eigenvalue weighted by atomic mass is 10.1. The first-order valence-corrected chi connectivity index (χ1v) is 12.2. The first-order chi connectivity index (χ1) is 16.7. The van der Waals surface area contributed by atoms with Crippen LogP contribution in [-0.4, -0.2) is 30.4 Å². The highest BCUT2D eigenvalue weighted by Gasteiger charge is 2.14. The van der Waals surface area contributed by atoms with E-state index in [2.05, 4.69) is 53.4 Å². The number of Topliss-reactive ketones (excluding diaryl/α,β-unsaturated/α-hetero) is 1. The van der Waals surface area contributed by atoms with Gasteiger partial charge < -0.3 is 10.5 Å². The molecule has 0 unspecified atom stereocenters. The average molecular weight is 467 g/mol. The lowest BCUT2D eigenvalue weighted by Crippen LogP contribution is -2.33. The molecule has 4 aromatic carbocycles. The van der Waals surface area contributed by atoms with Crippen molar-refractivity contribution < 1.29 is 9.53 Å². The summed E-state index contributed by atoms with van der Waals surface area (Å²) >= 11 is 1.78. The summed E-state index contributed by atoms with van der Waals surface area (Å²) in [6, 6.07) is 32.1. The zero-order chi connectivity index (χ0) is 23.3. The van der Waals surface area contributed by atoms with Crippen molar-refractivity contribution in [3.05, 3.63) is 108 Å². The number of rotatable bonds is 9. The fraction of sp³-hybridized carbons (Fsp3) is 0.138. The number of carbonyl (C=O) groups excluding carboxylic acids is 1. The number of hydrogen-bond donors (Lipinski definition) is 1. The maximum absolute atomic E-state index is 12.9. The van der Waals surface area contributed by atoms with Crippen molar-refractivity contribution in [3.63, 3.8) is 0 Å². The van der Waals surface area contributed by atoms with E-state index < -0.39 is 0 Å². The summed E-state index contributed by atoms with van der Waals surface area (Å²) in [6.45, 7) is 2.10. The van der Waals surface area contributed by atoms with Gasteiger partial charge in [0.05, 0.1) is 6.54 Å². The molecule has 34 heavy (non-hydrogen) atoms. The third-order valence-corrected chi connectivity index (χ3v) is 6.98. The van der Waals surface area contributed by atoms with Crippen LogP contribution >= 0.6 is 11.3 Å². The molecule has 0 amide bonds. The minimum Gasteiger partial charge on any atom is -0.492 e. The Kier molecular flexibility index (Phi) is 6.56. The van der Waals surface area contributed by atoms with E-state index in [1.165, 1.54) is 20.2 Å². The van der Waals surface area contributed by atoms with Gasteiger partial charge in [0, 0.05) is 44.5 Å². The summed E-state index contributed by atoms with van der Waals surface area (Å²) in [4.78, 5) is 15.0.